The Morgan fingerprint density at radius 3 is 2.75 bits per heavy atom. The number of rotatable bonds is 6. The Morgan fingerprint density at radius 2 is 2.00 bits per heavy atom. The third kappa shape index (κ3) is 4.07. The van der Waals surface area contributed by atoms with E-state index in [0.717, 1.165) is 5.56 Å². The van der Waals surface area contributed by atoms with Gasteiger partial charge in [-0.1, -0.05) is 18.2 Å². The Hall–Kier alpha value is -3.94. The number of nitro groups is 1. The van der Waals surface area contributed by atoms with Crippen LogP contribution in [-0.4, -0.2) is 24.2 Å². The van der Waals surface area contributed by atoms with Crippen LogP contribution in [0, 0.1) is 17.0 Å². The summed E-state index contributed by atoms with van der Waals surface area (Å²) in [5.41, 5.74) is 4.20. The highest BCUT2D eigenvalue weighted by atomic mass is 16.6. The molecule has 142 valence electrons. The molecule has 0 fully saturated rings. The summed E-state index contributed by atoms with van der Waals surface area (Å²) in [4.78, 5) is 22.7. The number of amides is 1. The minimum atomic E-state index is -0.457. The van der Waals surface area contributed by atoms with Crippen LogP contribution in [0.1, 0.15) is 21.7 Å². The second kappa shape index (κ2) is 8.17. The predicted octanol–water partition coefficient (Wildman–Crippen LogP) is 3.94. The largest absolute Gasteiger partial charge is 0.496 e. The quantitative estimate of drug-likeness (QED) is 0.397. The van der Waals surface area contributed by atoms with Gasteiger partial charge in [-0.2, -0.15) is 5.10 Å². The summed E-state index contributed by atoms with van der Waals surface area (Å²) in [6.07, 6.45) is 1.35. The number of carbonyl (C=O) groups excluding carboxylic acids is 1. The van der Waals surface area contributed by atoms with Gasteiger partial charge in [-0.15, -0.1) is 0 Å². The number of para-hydroxylation sites is 1. The first-order valence-electron chi connectivity index (χ1n) is 8.31. The highest BCUT2D eigenvalue weighted by Crippen LogP contribution is 2.28. The van der Waals surface area contributed by atoms with Crippen LogP contribution in [0.15, 0.2) is 64.1 Å². The Bertz CT molecular complexity index is 1060. The summed E-state index contributed by atoms with van der Waals surface area (Å²) in [5.74, 6) is 0.881. The summed E-state index contributed by atoms with van der Waals surface area (Å²) in [6.45, 7) is 1.84. The van der Waals surface area contributed by atoms with Gasteiger partial charge in [0, 0.05) is 17.7 Å². The van der Waals surface area contributed by atoms with E-state index in [0.29, 0.717) is 28.4 Å². The molecule has 0 saturated heterocycles. The normalized spacial score (nSPS) is 10.8. The highest BCUT2D eigenvalue weighted by Gasteiger charge is 2.13. The van der Waals surface area contributed by atoms with Gasteiger partial charge in [-0.05, 0) is 36.8 Å². The molecule has 3 aromatic rings. The van der Waals surface area contributed by atoms with Gasteiger partial charge in [-0.25, -0.2) is 5.43 Å². The predicted molar refractivity (Wildman–Crippen MR) is 104 cm³/mol. The van der Waals surface area contributed by atoms with Gasteiger partial charge in [0.1, 0.15) is 17.3 Å². The standard InChI is InChI=1S/C20H17N3O5/c1-13-7-8-14(23(25)26)11-17(13)19-10-9-15(28-19)12-21-22-20(24)16-5-3-4-6-18(16)27-2/h3-12H,1-2H3,(H,22,24). The summed E-state index contributed by atoms with van der Waals surface area (Å²) in [7, 11) is 1.48. The lowest BCUT2D eigenvalue weighted by Gasteiger charge is -2.05. The average Bonchev–Trinajstić information content (AvgIpc) is 3.16. The number of nitrogens with zero attached hydrogens (tertiary/aromatic N) is 2. The highest BCUT2D eigenvalue weighted by molar-refractivity contribution is 5.97. The molecule has 0 saturated carbocycles. The van der Waals surface area contributed by atoms with Crippen molar-refractivity contribution in [3.05, 3.63) is 81.6 Å². The number of hydrazone groups is 1. The van der Waals surface area contributed by atoms with E-state index in [1.54, 1.807) is 42.5 Å². The smallest absolute Gasteiger partial charge is 0.275 e. The van der Waals surface area contributed by atoms with Crippen molar-refractivity contribution in [1.82, 2.24) is 5.43 Å². The molecular weight excluding hydrogens is 362 g/mol. The van der Waals surface area contributed by atoms with Gasteiger partial charge in [0.05, 0.1) is 23.8 Å². The SMILES string of the molecule is COc1ccccc1C(=O)NN=Cc1ccc(-c2cc([N+](=O)[O-])ccc2C)o1. The van der Waals surface area contributed by atoms with E-state index < -0.39 is 10.8 Å². The fourth-order valence-electron chi connectivity index (χ4n) is 2.60. The molecule has 28 heavy (non-hydrogen) atoms. The first kappa shape index (κ1) is 18.8. The Labute approximate surface area is 160 Å². The number of benzene rings is 2. The van der Waals surface area contributed by atoms with Crippen LogP contribution in [0.5, 0.6) is 5.75 Å². The number of furan rings is 1. The zero-order valence-electron chi connectivity index (χ0n) is 15.2. The van der Waals surface area contributed by atoms with E-state index >= 15 is 0 Å². The van der Waals surface area contributed by atoms with Gasteiger partial charge in [0.25, 0.3) is 11.6 Å². The number of hydrogen-bond donors (Lipinski definition) is 1. The Morgan fingerprint density at radius 1 is 1.21 bits per heavy atom. The minimum absolute atomic E-state index is 0.0173. The van der Waals surface area contributed by atoms with Crippen LogP contribution in [0.25, 0.3) is 11.3 Å². The molecule has 1 N–H and O–H groups in total. The van der Waals surface area contributed by atoms with Gasteiger partial charge in [-0.3, -0.25) is 14.9 Å². The lowest BCUT2D eigenvalue weighted by atomic mass is 10.1. The van der Waals surface area contributed by atoms with Gasteiger partial charge >= 0.3 is 0 Å². The maximum atomic E-state index is 12.2. The van der Waals surface area contributed by atoms with Gasteiger partial charge in [0.2, 0.25) is 0 Å². The number of ether oxygens (including phenoxy) is 1. The zero-order chi connectivity index (χ0) is 20.1. The van der Waals surface area contributed by atoms with Crippen LogP contribution in [0.3, 0.4) is 0 Å². The van der Waals surface area contributed by atoms with E-state index in [4.69, 9.17) is 9.15 Å². The molecule has 0 bridgehead atoms. The summed E-state index contributed by atoms with van der Waals surface area (Å²) < 4.78 is 10.8. The zero-order valence-corrected chi connectivity index (χ0v) is 15.2. The third-order valence-electron chi connectivity index (χ3n) is 4.03. The molecule has 0 unspecified atom stereocenters. The van der Waals surface area contributed by atoms with Crippen LogP contribution >= 0.6 is 0 Å². The molecule has 3 rings (SSSR count). The number of nitrogens with one attached hydrogen (secondary N) is 1. The lowest BCUT2D eigenvalue weighted by molar-refractivity contribution is -0.384. The first-order valence-corrected chi connectivity index (χ1v) is 8.31. The molecule has 0 atom stereocenters. The molecule has 2 aromatic carbocycles. The molecule has 8 nitrogen and oxygen atoms in total. The van der Waals surface area contributed by atoms with Crippen LogP contribution in [0.2, 0.25) is 0 Å². The first-order chi connectivity index (χ1) is 13.5. The van der Waals surface area contributed by atoms with Crippen molar-refractivity contribution >= 4 is 17.8 Å². The molecule has 0 aliphatic carbocycles. The second-order valence-corrected chi connectivity index (χ2v) is 5.86. The Balaban J connectivity index is 1.74. The van der Waals surface area contributed by atoms with Crippen molar-refractivity contribution in [2.24, 2.45) is 5.10 Å². The third-order valence-corrected chi connectivity index (χ3v) is 4.03. The van der Waals surface area contributed by atoms with Crippen LogP contribution in [-0.2, 0) is 0 Å². The van der Waals surface area contributed by atoms with E-state index in [9.17, 15) is 14.9 Å². The van der Waals surface area contributed by atoms with Crippen LogP contribution in [0.4, 0.5) is 5.69 Å². The molecular formula is C20H17N3O5. The van der Waals surface area contributed by atoms with Crippen molar-refractivity contribution in [1.29, 1.82) is 0 Å². The van der Waals surface area contributed by atoms with E-state index in [1.807, 2.05) is 6.92 Å². The van der Waals surface area contributed by atoms with Crippen molar-refractivity contribution in [2.45, 2.75) is 6.92 Å². The maximum absolute atomic E-state index is 12.2. The minimum Gasteiger partial charge on any atom is -0.496 e. The van der Waals surface area contributed by atoms with E-state index in [-0.39, 0.29) is 5.69 Å². The molecule has 1 amide bonds. The van der Waals surface area contributed by atoms with Gasteiger partial charge < -0.3 is 9.15 Å². The molecule has 8 heteroatoms. The molecule has 0 aliphatic heterocycles. The Kier molecular flexibility index (Phi) is 5.50. The lowest BCUT2D eigenvalue weighted by Crippen LogP contribution is -2.18. The second-order valence-electron chi connectivity index (χ2n) is 5.86. The summed E-state index contributed by atoms with van der Waals surface area (Å²) in [6, 6.07) is 14.7. The number of carbonyl (C=O) groups is 1. The molecule has 0 radical (unpaired) electrons. The van der Waals surface area contributed by atoms with Crippen molar-refractivity contribution in [3.8, 4) is 17.1 Å². The topological polar surface area (TPSA) is 107 Å². The monoisotopic (exact) mass is 379 g/mol. The fourth-order valence-corrected chi connectivity index (χ4v) is 2.60. The number of nitro benzene ring substituents is 1. The van der Waals surface area contributed by atoms with E-state index in [2.05, 4.69) is 10.5 Å². The molecule has 0 aliphatic rings. The van der Waals surface area contributed by atoms with E-state index in [1.165, 1.54) is 25.5 Å². The summed E-state index contributed by atoms with van der Waals surface area (Å²) in [5, 5.41) is 14.9. The number of methoxy groups -OCH3 is 1. The van der Waals surface area contributed by atoms with Crippen molar-refractivity contribution < 1.29 is 18.9 Å². The number of hydrogen-bond acceptors (Lipinski definition) is 6. The van der Waals surface area contributed by atoms with Crippen LogP contribution < -0.4 is 10.2 Å². The average molecular weight is 379 g/mol. The number of non-ortho nitro benzene ring substituents is 1. The molecule has 1 aromatic heterocycles. The molecule has 1 heterocycles. The van der Waals surface area contributed by atoms with Gasteiger partial charge in [0.15, 0.2) is 0 Å². The summed E-state index contributed by atoms with van der Waals surface area (Å²) >= 11 is 0. The maximum Gasteiger partial charge on any atom is 0.275 e. The number of aryl methyl sites for hydroxylation is 1. The van der Waals surface area contributed by atoms with Crippen molar-refractivity contribution in [3.63, 3.8) is 0 Å². The van der Waals surface area contributed by atoms with Crippen molar-refractivity contribution in [2.75, 3.05) is 7.11 Å². The fraction of sp³-hybridized carbons (Fsp3) is 0.100. The molecule has 0 spiro atoms.